The van der Waals surface area contributed by atoms with Crippen LogP contribution in [0.3, 0.4) is 0 Å². The number of nitrogens with zero attached hydrogens (tertiary/aromatic N) is 3. The Balaban J connectivity index is 1.40. The number of aliphatic hydroxyl groups excluding tert-OH is 1. The van der Waals surface area contributed by atoms with E-state index in [0.29, 0.717) is 17.9 Å². The molecule has 0 saturated carbocycles. The fourth-order valence-corrected chi connectivity index (χ4v) is 4.47. The van der Waals surface area contributed by atoms with Crippen LogP contribution in [0.5, 0.6) is 5.75 Å². The molecule has 1 unspecified atom stereocenters. The minimum atomic E-state index is -0.0812. The van der Waals surface area contributed by atoms with E-state index in [9.17, 15) is 9.90 Å². The molecule has 2 aromatic rings. The number of benzene rings is 1. The Labute approximate surface area is 178 Å². The summed E-state index contributed by atoms with van der Waals surface area (Å²) < 4.78 is 6.34. The van der Waals surface area contributed by atoms with Gasteiger partial charge in [-0.25, -0.2) is 0 Å². The topological polar surface area (TPSA) is 65.9 Å². The van der Waals surface area contributed by atoms with Crippen molar-refractivity contribution in [2.45, 2.75) is 51.3 Å². The largest absolute Gasteiger partial charge is 0.489 e. The molecule has 1 atom stereocenters. The molecule has 30 heavy (non-hydrogen) atoms. The molecule has 1 N–H and O–H groups in total. The summed E-state index contributed by atoms with van der Waals surface area (Å²) in [4.78, 5) is 21.5. The van der Waals surface area contributed by atoms with Crippen LogP contribution >= 0.6 is 0 Å². The van der Waals surface area contributed by atoms with Gasteiger partial charge in [-0.1, -0.05) is 11.6 Å². The van der Waals surface area contributed by atoms with E-state index in [1.54, 1.807) is 4.90 Å². The van der Waals surface area contributed by atoms with Gasteiger partial charge in [0.25, 0.3) is 5.91 Å². The van der Waals surface area contributed by atoms with E-state index in [2.05, 4.69) is 22.0 Å². The van der Waals surface area contributed by atoms with Gasteiger partial charge >= 0.3 is 0 Å². The van der Waals surface area contributed by atoms with Crippen LogP contribution in [0.4, 0.5) is 0 Å². The first kappa shape index (κ1) is 20.8. The zero-order chi connectivity index (χ0) is 20.9. The summed E-state index contributed by atoms with van der Waals surface area (Å²) in [6, 6.07) is 9.88. The maximum Gasteiger partial charge on any atom is 0.257 e. The van der Waals surface area contributed by atoms with Crippen molar-refractivity contribution in [1.82, 2.24) is 14.8 Å². The number of likely N-dealkylation sites (tertiary alicyclic amines) is 2. The van der Waals surface area contributed by atoms with E-state index in [-0.39, 0.29) is 24.7 Å². The van der Waals surface area contributed by atoms with Crippen molar-refractivity contribution in [3.8, 4) is 5.75 Å². The fraction of sp³-hybridized carbons (Fsp3) is 0.500. The van der Waals surface area contributed by atoms with Gasteiger partial charge in [0.15, 0.2) is 0 Å². The van der Waals surface area contributed by atoms with Crippen LogP contribution in [0, 0.1) is 6.92 Å². The number of amides is 1. The number of carbonyl (C=O) groups is 1. The Hall–Kier alpha value is -2.44. The third kappa shape index (κ3) is 4.82. The molecule has 6 heteroatoms. The van der Waals surface area contributed by atoms with Crippen molar-refractivity contribution in [2.75, 3.05) is 26.2 Å². The molecule has 2 saturated heterocycles. The number of pyridine rings is 1. The molecule has 2 aliphatic heterocycles. The summed E-state index contributed by atoms with van der Waals surface area (Å²) in [5.41, 5.74) is 2.94. The molecule has 1 aromatic carbocycles. The Morgan fingerprint density at radius 3 is 2.63 bits per heavy atom. The number of aliphatic hydroxyl groups is 1. The first-order chi connectivity index (χ1) is 14.6. The third-order valence-electron chi connectivity index (χ3n) is 6.20. The van der Waals surface area contributed by atoms with E-state index in [1.165, 1.54) is 5.56 Å². The fourth-order valence-electron chi connectivity index (χ4n) is 4.47. The molecule has 2 aliphatic rings. The van der Waals surface area contributed by atoms with Gasteiger partial charge < -0.3 is 14.7 Å². The van der Waals surface area contributed by atoms with Crippen LogP contribution in [0.2, 0.25) is 0 Å². The summed E-state index contributed by atoms with van der Waals surface area (Å²) in [7, 11) is 0. The molecule has 0 bridgehead atoms. The normalized spacial score (nSPS) is 20.5. The van der Waals surface area contributed by atoms with Crippen molar-refractivity contribution in [3.63, 3.8) is 0 Å². The third-order valence-corrected chi connectivity index (χ3v) is 6.20. The average molecular weight is 410 g/mol. The lowest BCUT2D eigenvalue weighted by Gasteiger charge is -2.33. The number of hydrogen-bond acceptors (Lipinski definition) is 5. The summed E-state index contributed by atoms with van der Waals surface area (Å²) in [5, 5.41) is 9.61. The van der Waals surface area contributed by atoms with Crippen molar-refractivity contribution in [1.29, 1.82) is 0 Å². The van der Waals surface area contributed by atoms with Crippen molar-refractivity contribution >= 4 is 5.91 Å². The highest BCUT2D eigenvalue weighted by Crippen LogP contribution is 2.28. The van der Waals surface area contributed by atoms with Gasteiger partial charge in [0, 0.05) is 38.6 Å². The molecular formula is C24H31N3O3. The summed E-state index contributed by atoms with van der Waals surface area (Å²) in [6.07, 6.45) is 7.46. The Bertz CT molecular complexity index is 850. The molecule has 160 valence electrons. The number of piperidine rings is 1. The molecule has 0 aliphatic carbocycles. The van der Waals surface area contributed by atoms with Gasteiger partial charge in [-0.2, -0.15) is 0 Å². The Morgan fingerprint density at radius 1 is 1.13 bits per heavy atom. The van der Waals surface area contributed by atoms with E-state index in [0.717, 1.165) is 50.9 Å². The molecule has 0 spiro atoms. The van der Waals surface area contributed by atoms with Gasteiger partial charge in [-0.15, -0.1) is 0 Å². The van der Waals surface area contributed by atoms with E-state index < -0.39 is 0 Å². The van der Waals surface area contributed by atoms with Crippen LogP contribution < -0.4 is 4.74 Å². The quantitative estimate of drug-likeness (QED) is 0.794. The highest BCUT2D eigenvalue weighted by molar-refractivity contribution is 5.97. The molecule has 3 heterocycles. The van der Waals surface area contributed by atoms with Gasteiger partial charge in [0.05, 0.1) is 18.2 Å². The van der Waals surface area contributed by atoms with Crippen LogP contribution in [-0.4, -0.2) is 64.2 Å². The minimum Gasteiger partial charge on any atom is -0.489 e. The monoisotopic (exact) mass is 409 g/mol. The zero-order valence-electron chi connectivity index (χ0n) is 17.7. The highest BCUT2D eigenvalue weighted by Gasteiger charge is 2.31. The van der Waals surface area contributed by atoms with Gasteiger partial charge in [-0.05, 0) is 62.4 Å². The minimum absolute atomic E-state index is 0.0175. The number of aromatic nitrogens is 1. The molecule has 6 nitrogen and oxygen atoms in total. The zero-order valence-corrected chi connectivity index (χ0v) is 17.7. The maximum absolute atomic E-state index is 13.2. The first-order valence-corrected chi connectivity index (χ1v) is 10.9. The van der Waals surface area contributed by atoms with Crippen molar-refractivity contribution in [3.05, 3.63) is 59.4 Å². The smallest absolute Gasteiger partial charge is 0.257 e. The van der Waals surface area contributed by atoms with Crippen molar-refractivity contribution < 1.29 is 14.6 Å². The Kier molecular flexibility index (Phi) is 6.65. The summed E-state index contributed by atoms with van der Waals surface area (Å²) in [5.74, 6) is 0.641. The predicted octanol–water partition coefficient (Wildman–Crippen LogP) is 3.03. The lowest BCUT2D eigenvalue weighted by Crippen LogP contribution is -2.39. The molecule has 1 aromatic heterocycles. The summed E-state index contributed by atoms with van der Waals surface area (Å²) >= 11 is 0. The number of hydrogen-bond donors (Lipinski definition) is 1. The number of rotatable bonds is 6. The van der Waals surface area contributed by atoms with Crippen LogP contribution in [0.15, 0.2) is 42.7 Å². The van der Waals surface area contributed by atoms with Crippen LogP contribution in [0.1, 0.15) is 47.2 Å². The van der Waals surface area contributed by atoms with E-state index in [4.69, 9.17) is 4.74 Å². The number of aryl methyl sites for hydroxylation is 1. The number of carbonyl (C=O) groups excluding carboxylic acids is 1. The first-order valence-electron chi connectivity index (χ1n) is 10.9. The van der Waals surface area contributed by atoms with E-state index in [1.807, 2.05) is 37.5 Å². The Morgan fingerprint density at radius 2 is 1.90 bits per heavy atom. The van der Waals surface area contributed by atoms with Gasteiger partial charge in [-0.3, -0.25) is 14.7 Å². The average Bonchev–Trinajstić information content (AvgIpc) is 3.25. The number of ether oxygens (including phenoxy) is 1. The summed E-state index contributed by atoms with van der Waals surface area (Å²) in [6.45, 7) is 5.59. The highest BCUT2D eigenvalue weighted by atomic mass is 16.5. The second-order valence-electron chi connectivity index (χ2n) is 8.43. The molecule has 0 radical (unpaired) electrons. The second kappa shape index (κ2) is 9.58. The second-order valence-corrected chi connectivity index (χ2v) is 8.43. The SMILES string of the molecule is Cc1ccc(OC2CCN(Cc3ccncc3)CC2)c(C(=O)N2CCCC2CO)c1. The van der Waals surface area contributed by atoms with Gasteiger partial charge in [0.1, 0.15) is 11.9 Å². The van der Waals surface area contributed by atoms with E-state index >= 15 is 0 Å². The molecule has 2 fully saturated rings. The van der Waals surface area contributed by atoms with Gasteiger partial charge in [0.2, 0.25) is 0 Å². The van der Waals surface area contributed by atoms with Crippen molar-refractivity contribution in [2.24, 2.45) is 0 Å². The molecule has 4 rings (SSSR count). The lowest BCUT2D eigenvalue weighted by atomic mass is 10.1. The maximum atomic E-state index is 13.2. The lowest BCUT2D eigenvalue weighted by molar-refractivity contribution is 0.0658. The molecule has 1 amide bonds. The molecular weight excluding hydrogens is 378 g/mol. The predicted molar refractivity (Wildman–Crippen MR) is 115 cm³/mol. The van der Waals surface area contributed by atoms with Crippen LogP contribution in [-0.2, 0) is 6.54 Å². The standard InChI is InChI=1S/C24H31N3O3/c1-18-4-5-23(22(15-18)24(29)27-12-2-3-20(27)17-28)30-21-8-13-26(14-9-21)16-19-6-10-25-11-7-19/h4-7,10-11,15,20-21,28H,2-3,8-9,12-14,16-17H2,1H3. The van der Waals surface area contributed by atoms with Crippen LogP contribution in [0.25, 0.3) is 0 Å².